The topological polar surface area (TPSA) is 59.0 Å². The minimum atomic E-state index is -4.44. The highest BCUT2D eigenvalue weighted by Gasteiger charge is 2.47. The Labute approximate surface area is 140 Å². The summed E-state index contributed by atoms with van der Waals surface area (Å²) in [6, 6.07) is 1.19. The number of hydrogen-bond donors (Lipinski definition) is 2. The van der Waals surface area contributed by atoms with E-state index in [1.54, 1.807) is 26.0 Å². The number of amides is 1. The molecule has 0 saturated heterocycles. The number of halogens is 3. The second-order valence-electron chi connectivity index (χ2n) is 5.99. The number of alkyl halides is 3. The van der Waals surface area contributed by atoms with E-state index < -0.39 is 24.2 Å². The third-order valence-electron chi connectivity index (χ3n) is 3.79. The molecule has 24 heavy (non-hydrogen) atoms. The summed E-state index contributed by atoms with van der Waals surface area (Å²) < 4.78 is 41.3. The van der Waals surface area contributed by atoms with Crippen LogP contribution in [0.3, 0.4) is 0 Å². The van der Waals surface area contributed by atoms with Crippen LogP contribution in [0.15, 0.2) is 23.7 Å². The fraction of sp³-hybridized carbons (Fsp3) is 0.467. The van der Waals surface area contributed by atoms with E-state index in [1.165, 1.54) is 17.5 Å². The molecular formula is C15H17F3N4OS. The molecule has 9 heteroatoms. The molecular weight excluding hydrogens is 341 g/mol. The van der Waals surface area contributed by atoms with Gasteiger partial charge in [0.15, 0.2) is 6.04 Å². The Balaban J connectivity index is 2.00. The number of rotatable bonds is 3. The second kappa shape index (κ2) is 6.12. The number of hydrogen-bond acceptors (Lipinski definition) is 4. The van der Waals surface area contributed by atoms with Gasteiger partial charge in [-0.05, 0) is 25.3 Å². The van der Waals surface area contributed by atoms with Crippen molar-refractivity contribution in [2.45, 2.75) is 44.6 Å². The first-order valence-corrected chi connectivity index (χ1v) is 8.40. The normalized spacial score (nSPS) is 20.6. The number of carbonyl (C=O) groups is 1. The minimum Gasteiger partial charge on any atom is -0.362 e. The summed E-state index contributed by atoms with van der Waals surface area (Å²) in [6.45, 7) is 3.57. The van der Waals surface area contributed by atoms with Crippen LogP contribution in [-0.4, -0.2) is 27.9 Å². The molecule has 0 radical (unpaired) electrons. The van der Waals surface area contributed by atoms with Gasteiger partial charge in [-0.3, -0.25) is 4.79 Å². The molecule has 0 bridgehead atoms. The predicted molar refractivity (Wildman–Crippen MR) is 85.2 cm³/mol. The lowest BCUT2D eigenvalue weighted by Gasteiger charge is -2.33. The van der Waals surface area contributed by atoms with Crippen LogP contribution in [0, 0.1) is 0 Å². The Morgan fingerprint density at radius 1 is 1.50 bits per heavy atom. The summed E-state index contributed by atoms with van der Waals surface area (Å²) in [4.78, 5) is 13.1. The van der Waals surface area contributed by atoms with Gasteiger partial charge in [-0.2, -0.15) is 18.3 Å². The van der Waals surface area contributed by atoms with Crippen LogP contribution in [0.5, 0.6) is 0 Å². The Morgan fingerprint density at radius 3 is 2.83 bits per heavy atom. The summed E-state index contributed by atoms with van der Waals surface area (Å²) in [5, 5.41) is 11.4. The van der Waals surface area contributed by atoms with Crippen LogP contribution >= 0.6 is 11.3 Å². The second-order valence-corrected chi connectivity index (χ2v) is 6.96. The van der Waals surface area contributed by atoms with Crippen LogP contribution in [-0.2, 0) is 0 Å². The molecule has 130 valence electrons. The van der Waals surface area contributed by atoms with E-state index in [0.29, 0.717) is 0 Å². The summed E-state index contributed by atoms with van der Waals surface area (Å²) in [5.74, 6) is -0.327. The molecule has 0 fully saturated rings. The minimum absolute atomic E-state index is 0.111. The summed E-state index contributed by atoms with van der Waals surface area (Å²) in [5.41, 5.74) is 0.124. The standard InChI is InChI=1S/C15H17F3N4OS/c1-8(2)20-14(23)9-7-19-22-12(15(16,17)18)6-10(21-13(9)22)11-4-3-5-24-11/h3-5,7-8,10,12,21H,6H2,1-2H3,(H,20,23). The van der Waals surface area contributed by atoms with E-state index in [9.17, 15) is 18.0 Å². The molecule has 1 aliphatic rings. The molecule has 3 rings (SSSR count). The summed E-state index contributed by atoms with van der Waals surface area (Å²) in [7, 11) is 0. The van der Waals surface area contributed by atoms with Crippen LogP contribution in [0.25, 0.3) is 0 Å². The summed E-state index contributed by atoms with van der Waals surface area (Å²) >= 11 is 1.38. The smallest absolute Gasteiger partial charge is 0.362 e. The Kier molecular flexibility index (Phi) is 4.29. The van der Waals surface area contributed by atoms with Crippen molar-refractivity contribution in [2.75, 3.05) is 5.32 Å². The molecule has 2 aromatic rings. The molecule has 3 heterocycles. The lowest BCUT2D eigenvalue weighted by atomic mass is 10.0. The molecule has 2 N–H and O–H groups in total. The fourth-order valence-electron chi connectivity index (χ4n) is 2.74. The maximum Gasteiger partial charge on any atom is 0.410 e. The highest BCUT2D eigenvalue weighted by Crippen LogP contribution is 2.44. The van der Waals surface area contributed by atoms with E-state index in [4.69, 9.17) is 0 Å². The van der Waals surface area contributed by atoms with Gasteiger partial charge in [0.25, 0.3) is 5.91 Å². The molecule has 2 aromatic heterocycles. The van der Waals surface area contributed by atoms with Crippen molar-refractivity contribution >= 4 is 23.1 Å². The van der Waals surface area contributed by atoms with Gasteiger partial charge in [0.05, 0.1) is 12.2 Å². The van der Waals surface area contributed by atoms with Gasteiger partial charge in [0, 0.05) is 17.3 Å². The van der Waals surface area contributed by atoms with Crippen molar-refractivity contribution in [3.05, 3.63) is 34.2 Å². The van der Waals surface area contributed by atoms with Crippen molar-refractivity contribution in [3.63, 3.8) is 0 Å². The van der Waals surface area contributed by atoms with Crippen LogP contribution in [0.1, 0.15) is 47.6 Å². The third kappa shape index (κ3) is 3.12. The predicted octanol–water partition coefficient (Wildman–Crippen LogP) is 3.74. The molecule has 0 spiro atoms. The molecule has 1 aliphatic heterocycles. The number of aromatic nitrogens is 2. The number of nitrogens with zero attached hydrogens (tertiary/aromatic N) is 2. The SMILES string of the molecule is CC(C)NC(=O)c1cnn2c1NC(c1cccs1)CC2C(F)(F)F. The van der Waals surface area contributed by atoms with Crippen molar-refractivity contribution in [1.29, 1.82) is 0 Å². The van der Waals surface area contributed by atoms with Crippen LogP contribution < -0.4 is 10.6 Å². The first-order valence-electron chi connectivity index (χ1n) is 7.52. The van der Waals surface area contributed by atoms with Crippen molar-refractivity contribution in [3.8, 4) is 0 Å². The van der Waals surface area contributed by atoms with Gasteiger partial charge in [-0.15, -0.1) is 11.3 Å². The zero-order valence-electron chi connectivity index (χ0n) is 13.1. The zero-order chi connectivity index (χ0) is 17.5. The molecule has 2 atom stereocenters. The monoisotopic (exact) mass is 358 g/mol. The first kappa shape index (κ1) is 16.8. The molecule has 5 nitrogen and oxygen atoms in total. The molecule has 0 saturated carbocycles. The average Bonchev–Trinajstić information content (AvgIpc) is 3.13. The van der Waals surface area contributed by atoms with E-state index in [0.717, 1.165) is 9.56 Å². The molecule has 2 unspecified atom stereocenters. The molecule has 1 amide bonds. The lowest BCUT2D eigenvalue weighted by Crippen LogP contribution is -2.37. The van der Waals surface area contributed by atoms with Gasteiger partial charge in [-0.1, -0.05) is 6.07 Å². The van der Waals surface area contributed by atoms with E-state index >= 15 is 0 Å². The maximum atomic E-state index is 13.5. The van der Waals surface area contributed by atoms with Crippen molar-refractivity contribution in [1.82, 2.24) is 15.1 Å². The average molecular weight is 358 g/mol. The quantitative estimate of drug-likeness (QED) is 0.879. The number of thiophene rings is 1. The molecule has 0 aliphatic carbocycles. The third-order valence-corrected chi connectivity index (χ3v) is 4.78. The van der Waals surface area contributed by atoms with E-state index in [-0.39, 0.29) is 23.8 Å². The van der Waals surface area contributed by atoms with Crippen molar-refractivity contribution < 1.29 is 18.0 Å². The summed E-state index contributed by atoms with van der Waals surface area (Å²) in [6.07, 6.45) is -3.41. The van der Waals surface area contributed by atoms with Gasteiger partial charge < -0.3 is 10.6 Å². The highest BCUT2D eigenvalue weighted by atomic mass is 32.1. The number of anilines is 1. The van der Waals surface area contributed by atoms with Gasteiger partial charge in [-0.25, -0.2) is 4.68 Å². The van der Waals surface area contributed by atoms with Crippen LogP contribution in [0.2, 0.25) is 0 Å². The van der Waals surface area contributed by atoms with Crippen molar-refractivity contribution in [2.24, 2.45) is 0 Å². The van der Waals surface area contributed by atoms with Crippen LogP contribution in [0.4, 0.5) is 19.0 Å². The highest BCUT2D eigenvalue weighted by molar-refractivity contribution is 7.10. The molecule has 0 aromatic carbocycles. The Morgan fingerprint density at radius 2 is 2.25 bits per heavy atom. The maximum absolute atomic E-state index is 13.5. The van der Waals surface area contributed by atoms with Gasteiger partial charge in [0.1, 0.15) is 11.4 Å². The van der Waals surface area contributed by atoms with E-state index in [1.807, 2.05) is 5.38 Å². The first-order chi connectivity index (χ1) is 11.3. The van der Waals surface area contributed by atoms with E-state index in [2.05, 4.69) is 15.7 Å². The van der Waals surface area contributed by atoms with Gasteiger partial charge in [0.2, 0.25) is 0 Å². The van der Waals surface area contributed by atoms with Gasteiger partial charge >= 0.3 is 6.18 Å². The number of nitrogens with one attached hydrogen (secondary N) is 2. The zero-order valence-corrected chi connectivity index (χ0v) is 13.9. The fourth-order valence-corrected chi connectivity index (χ4v) is 3.54. The number of carbonyl (C=O) groups excluding carboxylic acids is 1. The Bertz CT molecular complexity index is 724. The number of fused-ring (bicyclic) bond motifs is 1. The lowest BCUT2D eigenvalue weighted by molar-refractivity contribution is -0.173. The Hall–Kier alpha value is -2.03. The largest absolute Gasteiger partial charge is 0.410 e.